The first-order valence-corrected chi connectivity index (χ1v) is 6.24. The smallest absolute Gasteiger partial charge is 0.335 e. The van der Waals surface area contributed by atoms with E-state index in [4.69, 9.17) is 5.11 Å². The number of carboxylic acid groups (broad SMARTS) is 1. The predicted octanol–water partition coefficient (Wildman–Crippen LogP) is 2.85. The second-order valence-corrected chi connectivity index (χ2v) is 4.75. The summed E-state index contributed by atoms with van der Waals surface area (Å²) in [4.78, 5) is 11.1. The molecule has 4 heteroatoms. The number of carbonyl (C=O) groups is 1. The molecule has 3 rings (SSSR count). The third kappa shape index (κ3) is 2.05. The first-order chi connectivity index (χ1) is 9.18. The van der Waals surface area contributed by atoms with Crippen LogP contribution in [0.1, 0.15) is 30.0 Å². The molecule has 1 N–H and O–H groups in total. The lowest BCUT2D eigenvalue weighted by Gasteiger charge is -2.08. The maximum atomic E-state index is 11.1. The fraction of sp³-hybridized carbons (Fsp3) is 0.200. The molecule has 0 amide bonds. The zero-order chi connectivity index (χ0) is 13.4. The maximum absolute atomic E-state index is 11.1. The normalized spacial score (nSPS) is 14.3. The van der Waals surface area contributed by atoms with Crippen molar-refractivity contribution in [2.45, 2.75) is 18.8 Å². The summed E-state index contributed by atoms with van der Waals surface area (Å²) in [6.45, 7) is 3.65. The number of aromatic nitrogens is 2. The molecule has 2 aromatic rings. The van der Waals surface area contributed by atoms with Crippen molar-refractivity contribution in [1.29, 1.82) is 0 Å². The molecule has 19 heavy (non-hydrogen) atoms. The molecular weight excluding hydrogens is 240 g/mol. The summed E-state index contributed by atoms with van der Waals surface area (Å²) >= 11 is 0. The Morgan fingerprint density at radius 2 is 2.00 bits per heavy atom. The van der Waals surface area contributed by atoms with E-state index in [1.807, 2.05) is 35.0 Å². The van der Waals surface area contributed by atoms with Crippen LogP contribution < -0.4 is 0 Å². The van der Waals surface area contributed by atoms with Crippen LogP contribution in [0.4, 0.5) is 0 Å². The fourth-order valence-corrected chi connectivity index (χ4v) is 2.23. The van der Waals surface area contributed by atoms with E-state index in [0.29, 0.717) is 11.5 Å². The lowest BCUT2D eigenvalue weighted by atomic mass is 10.1. The molecule has 4 nitrogen and oxygen atoms in total. The van der Waals surface area contributed by atoms with Gasteiger partial charge in [0.25, 0.3) is 0 Å². The lowest BCUT2D eigenvalue weighted by molar-refractivity contribution is -0.130. The first kappa shape index (κ1) is 11.7. The molecule has 1 heterocycles. The minimum absolute atomic E-state index is 0.115. The van der Waals surface area contributed by atoms with Gasteiger partial charge in [-0.25, -0.2) is 9.48 Å². The van der Waals surface area contributed by atoms with Crippen LogP contribution in [-0.4, -0.2) is 20.9 Å². The van der Waals surface area contributed by atoms with Gasteiger partial charge in [-0.1, -0.05) is 24.8 Å². The van der Waals surface area contributed by atoms with Gasteiger partial charge < -0.3 is 5.11 Å². The number of para-hydroxylation sites is 1. The van der Waals surface area contributed by atoms with E-state index in [2.05, 4.69) is 11.7 Å². The van der Waals surface area contributed by atoms with Gasteiger partial charge in [-0.15, -0.1) is 0 Å². The Kier molecular flexibility index (Phi) is 2.71. The van der Waals surface area contributed by atoms with Crippen LogP contribution in [0.3, 0.4) is 0 Å². The molecule has 1 saturated carbocycles. The van der Waals surface area contributed by atoms with E-state index in [1.54, 1.807) is 6.20 Å². The molecule has 1 aliphatic carbocycles. The summed E-state index contributed by atoms with van der Waals surface area (Å²) in [6, 6.07) is 9.76. The minimum Gasteiger partial charge on any atom is -0.478 e. The van der Waals surface area contributed by atoms with Crippen LogP contribution in [-0.2, 0) is 4.79 Å². The van der Waals surface area contributed by atoms with Crippen LogP contribution in [0, 0.1) is 0 Å². The third-order valence-corrected chi connectivity index (χ3v) is 3.35. The second-order valence-electron chi connectivity index (χ2n) is 4.75. The number of hydrogen-bond acceptors (Lipinski definition) is 2. The Morgan fingerprint density at radius 1 is 1.32 bits per heavy atom. The summed E-state index contributed by atoms with van der Waals surface area (Å²) in [5, 5.41) is 13.4. The molecule has 0 saturated heterocycles. The van der Waals surface area contributed by atoms with Crippen molar-refractivity contribution in [1.82, 2.24) is 9.78 Å². The lowest BCUT2D eigenvalue weighted by Crippen LogP contribution is -2.04. The van der Waals surface area contributed by atoms with E-state index in [0.717, 1.165) is 24.2 Å². The Balaban J connectivity index is 2.12. The molecule has 1 fully saturated rings. The van der Waals surface area contributed by atoms with Gasteiger partial charge in [0.05, 0.1) is 23.2 Å². The predicted molar refractivity (Wildman–Crippen MR) is 72.2 cm³/mol. The van der Waals surface area contributed by atoms with E-state index in [9.17, 15) is 4.79 Å². The summed E-state index contributed by atoms with van der Waals surface area (Å²) in [5.41, 5.74) is 2.69. The van der Waals surface area contributed by atoms with Crippen molar-refractivity contribution < 1.29 is 9.90 Å². The van der Waals surface area contributed by atoms with Gasteiger partial charge in [0.1, 0.15) is 0 Å². The molecule has 1 aromatic carbocycles. The van der Waals surface area contributed by atoms with Gasteiger partial charge in [0.15, 0.2) is 0 Å². The van der Waals surface area contributed by atoms with Gasteiger partial charge in [0.2, 0.25) is 0 Å². The number of nitrogens with zero attached hydrogens (tertiary/aromatic N) is 2. The quantitative estimate of drug-likeness (QED) is 0.853. The molecule has 0 atom stereocenters. The molecule has 0 aliphatic heterocycles. The van der Waals surface area contributed by atoms with E-state index >= 15 is 0 Å². The third-order valence-electron chi connectivity index (χ3n) is 3.35. The average Bonchev–Trinajstić information content (AvgIpc) is 3.17. The van der Waals surface area contributed by atoms with Crippen molar-refractivity contribution in [2.75, 3.05) is 0 Å². The Morgan fingerprint density at radius 3 is 2.58 bits per heavy atom. The maximum Gasteiger partial charge on any atom is 0.335 e. The highest BCUT2D eigenvalue weighted by atomic mass is 16.4. The first-order valence-electron chi connectivity index (χ1n) is 6.24. The van der Waals surface area contributed by atoms with Gasteiger partial charge in [-0.3, -0.25) is 0 Å². The second kappa shape index (κ2) is 4.39. The highest BCUT2D eigenvalue weighted by molar-refractivity contribution is 6.14. The van der Waals surface area contributed by atoms with Gasteiger partial charge in [-0.05, 0) is 25.0 Å². The molecular formula is C15H14N2O2. The minimum atomic E-state index is -0.991. The van der Waals surface area contributed by atoms with Gasteiger partial charge >= 0.3 is 5.97 Å². The van der Waals surface area contributed by atoms with Crippen LogP contribution >= 0.6 is 0 Å². The van der Waals surface area contributed by atoms with Crippen LogP contribution in [0.5, 0.6) is 0 Å². The van der Waals surface area contributed by atoms with E-state index in [-0.39, 0.29) is 5.57 Å². The van der Waals surface area contributed by atoms with Crippen LogP contribution in [0.15, 0.2) is 43.1 Å². The van der Waals surface area contributed by atoms with E-state index < -0.39 is 5.97 Å². The zero-order valence-electron chi connectivity index (χ0n) is 10.4. The number of hydrogen-bond donors (Lipinski definition) is 1. The highest BCUT2D eigenvalue weighted by Gasteiger charge is 2.32. The molecule has 0 unspecified atom stereocenters. The zero-order valence-corrected chi connectivity index (χ0v) is 10.4. The van der Waals surface area contributed by atoms with Crippen molar-refractivity contribution in [3.05, 3.63) is 54.4 Å². The summed E-state index contributed by atoms with van der Waals surface area (Å²) in [7, 11) is 0. The molecule has 0 spiro atoms. The van der Waals surface area contributed by atoms with Crippen molar-refractivity contribution >= 4 is 11.5 Å². The van der Waals surface area contributed by atoms with Crippen molar-refractivity contribution in [3.8, 4) is 5.69 Å². The monoisotopic (exact) mass is 254 g/mol. The Bertz CT molecular complexity index is 639. The number of benzene rings is 1. The molecule has 0 radical (unpaired) electrons. The van der Waals surface area contributed by atoms with Crippen LogP contribution in [0.25, 0.3) is 11.3 Å². The molecule has 1 aromatic heterocycles. The summed E-state index contributed by atoms with van der Waals surface area (Å²) in [6.07, 6.45) is 3.77. The number of carboxylic acids is 1. The highest BCUT2D eigenvalue weighted by Crippen LogP contribution is 2.43. The van der Waals surface area contributed by atoms with Gasteiger partial charge in [0, 0.05) is 11.5 Å². The number of rotatable bonds is 4. The van der Waals surface area contributed by atoms with Crippen molar-refractivity contribution in [3.63, 3.8) is 0 Å². The van der Waals surface area contributed by atoms with Crippen LogP contribution in [0.2, 0.25) is 0 Å². The number of aliphatic carboxylic acids is 1. The summed E-state index contributed by atoms with van der Waals surface area (Å²) in [5.74, 6) is -0.594. The van der Waals surface area contributed by atoms with Gasteiger partial charge in [-0.2, -0.15) is 5.10 Å². The topological polar surface area (TPSA) is 55.1 Å². The SMILES string of the molecule is C=C(C(=O)O)c1cnn(-c2ccccc2)c1C1CC1. The van der Waals surface area contributed by atoms with E-state index in [1.165, 1.54) is 0 Å². The molecule has 0 bridgehead atoms. The largest absolute Gasteiger partial charge is 0.478 e. The standard InChI is InChI=1S/C15H14N2O2/c1-10(15(18)19)13-9-16-17(14(13)11-7-8-11)12-5-3-2-4-6-12/h2-6,9,11H,1,7-8H2,(H,18,19). The molecule has 96 valence electrons. The molecule has 1 aliphatic rings. The average molecular weight is 254 g/mol. The Hall–Kier alpha value is -2.36. The fourth-order valence-electron chi connectivity index (χ4n) is 2.23. The van der Waals surface area contributed by atoms with Crippen molar-refractivity contribution in [2.24, 2.45) is 0 Å². The summed E-state index contributed by atoms with van der Waals surface area (Å²) < 4.78 is 1.83. The Labute approximate surface area is 111 Å².